The van der Waals surface area contributed by atoms with Gasteiger partial charge in [-0.1, -0.05) is 6.92 Å². The minimum Gasteiger partial charge on any atom is -0.389 e. The van der Waals surface area contributed by atoms with E-state index in [2.05, 4.69) is 11.8 Å². The minimum absolute atomic E-state index is 0.0388. The number of hydrogen-bond acceptors (Lipinski definition) is 2. The molecule has 3 heteroatoms. The Bertz CT molecular complexity index is 219. The molecule has 1 N–H and O–H groups in total. The summed E-state index contributed by atoms with van der Waals surface area (Å²) < 4.78 is 13.2. The predicted octanol–water partition coefficient (Wildman–Crippen LogP) is 1.33. The fourth-order valence-electron chi connectivity index (χ4n) is 3.12. The molecular formula is C10H18FNO. The predicted molar refractivity (Wildman–Crippen MR) is 49.3 cm³/mol. The molecule has 0 aliphatic carbocycles. The van der Waals surface area contributed by atoms with Crippen molar-refractivity contribution in [2.24, 2.45) is 0 Å². The van der Waals surface area contributed by atoms with Gasteiger partial charge < -0.3 is 5.11 Å². The first-order valence-corrected chi connectivity index (χ1v) is 5.09. The van der Waals surface area contributed by atoms with Crippen LogP contribution in [0, 0.1) is 0 Å². The lowest BCUT2D eigenvalue weighted by Gasteiger charge is -2.29. The maximum Gasteiger partial charge on any atom is 0.115 e. The molecule has 2 rings (SSSR count). The maximum absolute atomic E-state index is 13.2. The van der Waals surface area contributed by atoms with Gasteiger partial charge in [0.1, 0.15) is 6.17 Å². The number of hydrogen-bond donors (Lipinski definition) is 1. The molecule has 0 spiro atoms. The summed E-state index contributed by atoms with van der Waals surface area (Å²) in [6.07, 6.45) is 1.61. The fourth-order valence-corrected chi connectivity index (χ4v) is 3.12. The van der Waals surface area contributed by atoms with Crippen LogP contribution in [0.3, 0.4) is 0 Å². The fraction of sp³-hybridized carbons (Fsp3) is 1.00. The molecular weight excluding hydrogens is 169 g/mol. The Morgan fingerprint density at radius 1 is 1.62 bits per heavy atom. The van der Waals surface area contributed by atoms with Crippen molar-refractivity contribution in [1.82, 2.24) is 4.90 Å². The molecule has 0 aromatic heterocycles. The van der Waals surface area contributed by atoms with Crippen molar-refractivity contribution in [3.05, 3.63) is 0 Å². The molecule has 0 saturated carbocycles. The topological polar surface area (TPSA) is 23.5 Å². The highest BCUT2D eigenvalue weighted by atomic mass is 19.1. The number of nitrogens with zero attached hydrogens (tertiary/aromatic N) is 1. The zero-order valence-electron chi connectivity index (χ0n) is 8.39. The number of fused-ring (bicyclic) bond motifs is 1. The molecule has 3 atom stereocenters. The average molecular weight is 187 g/mol. The molecule has 0 radical (unpaired) electrons. The van der Waals surface area contributed by atoms with Gasteiger partial charge in [0.05, 0.1) is 5.60 Å². The second kappa shape index (κ2) is 2.67. The molecule has 0 bridgehead atoms. The quantitative estimate of drug-likeness (QED) is 0.669. The van der Waals surface area contributed by atoms with Crippen molar-refractivity contribution in [1.29, 1.82) is 0 Å². The van der Waals surface area contributed by atoms with Crippen LogP contribution in [0.1, 0.15) is 33.1 Å². The summed E-state index contributed by atoms with van der Waals surface area (Å²) in [4.78, 5) is 2.14. The Labute approximate surface area is 78.7 Å². The van der Waals surface area contributed by atoms with Crippen LogP contribution < -0.4 is 0 Å². The van der Waals surface area contributed by atoms with Crippen molar-refractivity contribution in [3.8, 4) is 0 Å². The number of aliphatic hydroxyl groups is 1. The van der Waals surface area contributed by atoms with Gasteiger partial charge in [-0.05, 0) is 26.2 Å². The van der Waals surface area contributed by atoms with Crippen LogP contribution >= 0.6 is 0 Å². The van der Waals surface area contributed by atoms with E-state index in [1.54, 1.807) is 0 Å². The van der Waals surface area contributed by atoms with Crippen molar-refractivity contribution < 1.29 is 9.50 Å². The average Bonchev–Trinajstić information content (AvgIpc) is 2.36. The van der Waals surface area contributed by atoms with E-state index in [4.69, 9.17) is 0 Å². The zero-order valence-corrected chi connectivity index (χ0v) is 8.39. The molecule has 13 heavy (non-hydrogen) atoms. The summed E-state index contributed by atoms with van der Waals surface area (Å²) in [5.41, 5.74) is -0.640. The van der Waals surface area contributed by atoms with Crippen molar-refractivity contribution >= 4 is 0 Å². The van der Waals surface area contributed by atoms with Crippen LogP contribution in [0.15, 0.2) is 0 Å². The van der Waals surface area contributed by atoms with Gasteiger partial charge in [-0.2, -0.15) is 0 Å². The van der Waals surface area contributed by atoms with Gasteiger partial charge >= 0.3 is 0 Å². The highest BCUT2D eigenvalue weighted by Gasteiger charge is 2.54. The first kappa shape index (κ1) is 9.41. The number of alkyl halides is 1. The van der Waals surface area contributed by atoms with Gasteiger partial charge in [0.2, 0.25) is 0 Å². The van der Waals surface area contributed by atoms with Gasteiger partial charge in [0.15, 0.2) is 0 Å². The van der Waals surface area contributed by atoms with Crippen molar-refractivity contribution in [2.45, 2.75) is 50.4 Å². The third kappa shape index (κ3) is 1.38. The smallest absolute Gasteiger partial charge is 0.115 e. The summed E-state index contributed by atoms with van der Waals surface area (Å²) in [5.74, 6) is 0. The van der Waals surface area contributed by atoms with Crippen LogP contribution in [0.5, 0.6) is 0 Å². The number of halogens is 1. The molecule has 0 amide bonds. The lowest BCUT2D eigenvalue weighted by molar-refractivity contribution is 0.0635. The van der Waals surface area contributed by atoms with Gasteiger partial charge in [-0.15, -0.1) is 0 Å². The molecule has 1 unspecified atom stereocenters. The Morgan fingerprint density at radius 3 is 2.85 bits per heavy atom. The Morgan fingerprint density at radius 2 is 2.31 bits per heavy atom. The van der Waals surface area contributed by atoms with E-state index in [9.17, 15) is 9.50 Å². The van der Waals surface area contributed by atoms with E-state index in [0.29, 0.717) is 19.5 Å². The Balaban J connectivity index is 2.20. The third-order valence-electron chi connectivity index (χ3n) is 3.59. The van der Waals surface area contributed by atoms with Crippen LogP contribution in [0.25, 0.3) is 0 Å². The van der Waals surface area contributed by atoms with E-state index < -0.39 is 11.8 Å². The molecule has 2 heterocycles. The lowest BCUT2D eigenvalue weighted by Crippen LogP contribution is -2.37. The third-order valence-corrected chi connectivity index (χ3v) is 3.59. The largest absolute Gasteiger partial charge is 0.389 e. The minimum atomic E-state index is -0.684. The zero-order chi connectivity index (χ0) is 9.69. The van der Waals surface area contributed by atoms with E-state index in [1.165, 1.54) is 0 Å². The van der Waals surface area contributed by atoms with Crippen LogP contribution in [-0.2, 0) is 0 Å². The first-order valence-electron chi connectivity index (χ1n) is 5.09. The summed E-state index contributed by atoms with van der Waals surface area (Å²) in [7, 11) is 0. The molecule has 2 nitrogen and oxygen atoms in total. The molecule has 0 aromatic carbocycles. The molecule has 2 saturated heterocycles. The summed E-state index contributed by atoms with van der Waals surface area (Å²) >= 11 is 0. The first-order chi connectivity index (χ1) is 5.97. The molecule has 2 fully saturated rings. The molecule has 2 aliphatic rings. The molecule has 2 aliphatic heterocycles. The highest BCUT2D eigenvalue weighted by molar-refractivity contribution is 5.09. The Kier molecular flexibility index (Phi) is 1.93. The van der Waals surface area contributed by atoms with Crippen molar-refractivity contribution in [2.75, 3.05) is 13.1 Å². The van der Waals surface area contributed by atoms with Gasteiger partial charge in [0, 0.05) is 18.6 Å². The molecule has 0 aromatic rings. The van der Waals surface area contributed by atoms with Crippen LogP contribution in [0.4, 0.5) is 4.39 Å². The second-order valence-corrected chi connectivity index (χ2v) is 4.93. The SMILES string of the molecule is CC[C@]12C[C@@H](F)CN1CC(C)(O)C2. The lowest BCUT2D eigenvalue weighted by atomic mass is 9.86. The van der Waals surface area contributed by atoms with E-state index >= 15 is 0 Å². The summed E-state index contributed by atoms with van der Waals surface area (Å²) in [6, 6.07) is 0. The maximum atomic E-state index is 13.2. The van der Waals surface area contributed by atoms with Crippen molar-refractivity contribution in [3.63, 3.8) is 0 Å². The second-order valence-electron chi connectivity index (χ2n) is 4.93. The highest BCUT2D eigenvalue weighted by Crippen LogP contribution is 2.45. The number of rotatable bonds is 1. The standard InChI is InChI=1S/C10H18FNO/c1-3-10-4-8(11)5-12(10)7-9(2,13)6-10/h8,13H,3-7H2,1-2H3/t8-,9?,10-/m1/s1. The van der Waals surface area contributed by atoms with Crippen LogP contribution in [0.2, 0.25) is 0 Å². The van der Waals surface area contributed by atoms with Gasteiger partial charge in [-0.25, -0.2) is 4.39 Å². The van der Waals surface area contributed by atoms with E-state index in [-0.39, 0.29) is 5.54 Å². The monoisotopic (exact) mass is 187 g/mol. The Hall–Kier alpha value is -0.150. The summed E-state index contributed by atoms with van der Waals surface area (Å²) in [6.45, 7) is 5.10. The number of β-amino-alcohol motifs (C(OH)–C–C–N with tert-alkyl or cyclic N) is 1. The molecule has 76 valence electrons. The van der Waals surface area contributed by atoms with E-state index in [1.807, 2.05) is 6.92 Å². The van der Waals surface area contributed by atoms with E-state index in [0.717, 1.165) is 12.8 Å². The summed E-state index contributed by atoms with van der Waals surface area (Å²) in [5, 5.41) is 9.92. The van der Waals surface area contributed by atoms with Gasteiger partial charge in [0.25, 0.3) is 0 Å². The van der Waals surface area contributed by atoms with Gasteiger partial charge in [-0.3, -0.25) is 4.90 Å². The normalized spacial score (nSPS) is 51.2. The van der Waals surface area contributed by atoms with Crippen LogP contribution in [-0.4, -0.2) is 40.4 Å².